The third-order valence-electron chi connectivity index (χ3n) is 1.66. The number of rotatable bonds is 2. The summed E-state index contributed by atoms with van der Waals surface area (Å²) in [5.74, 6) is 0. The largest absolute Gasteiger partial charge is 0.319 e. The van der Waals surface area contributed by atoms with E-state index in [-0.39, 0.29) is 6.04 Å². The summed E-state index contributed by atoms with van der Waals surface area (Å²) in [7, 11) is 0. The first-order valence-electron chi connectivity index (χ1n) is 3.66. The lowest BCUT2D eigenvalue weighted by Gasteiger charge is -2.04. The maximum absolute atomic E-state index is 6.00. The molecule has 68 valence electrons. The lowest BCUT2D eigenvalue weighted by Crippen LogP contribution is -2.07. The Morgan fingerprint density at radius 3 is 2.77 bits per heavy atom. The van der Waals surface area contributed by atoms with Crippen molar-refractivity contribution in [1.29, 1.82) is 0 Å². The minimum atomic E-state index is -0.0787. The molecule has 0 aliphatic heterocycles. The van der Waals surface area contributed by atoms with Gasteiger partial charge in [-0.15, -0.1) is 22.7 Å². The summed E-state index contributed by atoms with van der Waals surface area (Å²) in [6.45, 7) is 0. The second kappa shape index (κ2) is 3.75. The van der Waals surface area contributed by atoms with Gasteiger partial charge in [-0.05, 0) is 12.1 Å². The zero-order chi connectivity index (χ0) is 9.26. The van der Waals surface area contributed by atoms with E-state index in [4.69, 9.17) is 17.3 Å². The number of thiophene rings is 1. The van der Waals surface area contributed by atoms with E-state index in [0.717, 1.165) is 14.1 Å². The molecule has 0 aliphatic carbocycles. The van der Waals surface area contributed by atoms with E-state index in [1.54, 1.807) is 23.0 Å². The van der Waals surface area contributed by atoms with Crippen molar-refractivity contribution in [2.24, 2.45) is 5.73 Å². The summed E-state index contributed by atoms with van der Waals surface area (Å²) in [6.07, 6.45) is 1.79. The van der Waals surface area contributed by atoms with Crippen LogP contribution in [0.5, 0.6) is 0 Å². The molecule has 2 nitrogen and oxygen atoms in total. The van der Waals surface area contributed by atoms with E-state index in [2.05, 4.69) is 4.98 Å². The normalized spacial score (nSPS) is 13.1. The van der Waals surface area contributed by atoms with Gasteiger partial charge in [0.2, 0.25) is 0 Å². The summed E-state index contributed by atoms with van der Waals surface area (Å²) < 4.78 is 0.773. The molecule has 2 aromatic rings. The van der Waals surface area contributed by atoms with Gasteiger partial charge in [0, 0.05) is 16.0 Å². The van der Waals surface area contributed by atoms with E-state index in [1.807, 2.05) is 12.1 Å². The molecule has 0 saturated heterocycles. The van der Waals surface area contributed by atoms with Gasteiger partial charge in [-0.3, -0.25) is 4.98 Å². The van der Waals surface area contributed by atoms with Gasteiger partial charge in [-0.25, -0.2) is 0 Å². The average Bonchev–Trinajstić information content (AvgIpc) is 2.72. The fourth-order valence-electron chi connectivity index (χ4n) is 1.01. The summed E-state index contributed by atoms with van der Waals surface area (Å²) in [5, 5.41) is 0. The van der Waals surface area contributed by atoms with Gasteiger partial charge in [0.25, 0.3) is 0 Å². The maximum Gasteiger partial charge on any atom is 0.0931 e. The molecule has 2 heterocycles. The van der Waals surface area contributed by atoms with Crippen molar-refractivity contribution >= 4 is 34.3 Å². The molecular weight excluding hydrogens is 224 g/mol. The maximum atomic E-state index is 6.00. The molecule has 0 aromatic carbocycles. The molecule has 0 fully saturated rings. The van der Waals surface area contributed by atoms with E-state index in [9.17, 15) is 0 Å². The highest BCUT2D eigenvalue weighted by molar-refractivity contribution is 7.16. The third kappa shape index (κ3) is 1.91. The molecule has 0 saturated carbocycles. The highest BCUT2D eigenvalue weighted by Crippen LogP contribution is 2.30. The molecule has 2 aromatic heterocycles. The van der Waals surface area contributed by atoms with Crippen LogP contribution in [0.3, 0.4) is 0 Å². The Morgan fingerprint density at radius 2 is 2.23 bits per heavy atom. The Bertz CT molecular complexity index is 383. The van der Waals surface area contributed by atoms with Gasteiger partial charge in [0.15, 0.2) is 0 Å². The number of nitrogens with zero attached hydrogens (tertiary/aromatic N) is 1. The Morgan fingerprint density at radius 1 is 1.38 bits per heavy atom. The van der Waals surface area contributed by atoms with E-state index >= 15 is 0 Å². The molecule has 1 unspecified atom stereocenters. The van der Waals surface area contributed by atoms with Gasteiger partial charge in [0.05, 0.1) is 15.9 Å². The van der Waals surface area contributed by atoms with Crippen molar-refractivity contribution in [3.8, 4) is 0 Å². The van der Waals surface area contributed by atoms with Crippen LogP contribution < -0.4 is 5.73 Å². The Kier molecular flexibility index (Phi) is 2.64. The predicted octanol–water partition coefficient (Wildman–Crippen LogP) is 2.91. The molecule has 0 radical (unpaired) electrons. The summed E-state index contributed by atoms with van der Waals surface area (Å²) in [5.41, 5.74) is 7.78. The van der Waals surface area contributed by atoms with Crippen LogP contribution in [0, 0.1) is 0 Å². The Balaban J connectivity index is 2.28. The van der Waals surface area contributed by atoms with Crippen LogP contribution in [0.4, 0.5) is 0 Å². The summed E-state index contributed by atoms with van der Waals surface area (Å²) >= 11 is 8.89. The van der Waals surface area contributed by atoms with E-state index in [1.165, 1.54) is 11.3 Å². The fourth-order valence-corrected chi connectivity index (χ4v) is 2.81. The molecule has 0 bridgehead atoms. The van der Waals surface area contributed by atoms with Crippen molar-refractivity contribution < 1.29 is 0 Å². The van der Waals surface area contributed by atoms with Crippen molar-refractivity contribution in [2.75, 3.05) is 0 Å². The van der Waals surface area contributed by atoms with Crippen LogP contribution in [0.2, 0.25) is 4.34 Å². The number of hydrogen-bond donors (Lipinski definition) is 1. The van der Waals surface area contributed by atoms with Crippen molar-refractivity contribution in [2.45, 2.75) is 6.04 Å². The van der Waals surface area contributed by atoms with Gasteiger partial charge in [-0.1, -0.05) is 11.6 Å². The minimum absolute atomic E-state index is 0.0787. The molecule has 13 heavy (non-hydrogen) atoms. The molecule has 0 spiro atoms. The minimum Gasteiger partial charge on any atom is -0.319 e. The molecule has 2 rings (SSSR count). The molecule has 2 N–H and O–H groups in total. The quantitative estimate of drug-likeness (QED) is 0.862. The zero-order valence-corrected chi connectivity index (χ0v) is 8.99. The second-order valence-electron chi connectivity index (χ2n) is 2.52. The third-order valence-corrected chi connectivity index (χ3v) is 3.83. The smallest absolute Gasteiger partial charge is 0.0931 e. The number of hydrogen-bond acceptors (Lipinski definition) is 4. The molecule has 5 heteroatoms. The van der Waals surface area contributed by atoms with Gasteiger partial charge in [-0.2, -0.15) is 0 Å². The molecule has 1 atom stereocenters. The number of nitrogens with two attached hydrogens (primary N) is 1. The van der Waals surface area contributed by atoms with Gasteiger partial charge >= 0.3 is 0 Å². The number of thiazole rings is 1. The highest BCUT2D eigenvalue weighted by Gasteiger charge is 2.12. The first kappa shape index (κ1) is 9.15. The Hall–Kier alpha value is -0.420. The van der Waals surface area contributed by atoms with Gasteiger partial charge in [0.1, 0.15) is 0 Å². The summed E-state index contributed by atoms with van der Waals surface area (Å²) in [6, 6.07) is 3.74. The van der Waals surface area contributed by atoms with Crippen LogP contribution in [0.1, 0.15) is 15.8 Å². The average molecular weight is 231 g/mol. The van der Waals surface area contributed by atoms with Crippen LogP contribution in [0.15, 0.2) is 23.8 Å². The number of halogens is 1. The van der Waals surface area contributed by atoms with E-state index in [0.29, 0.717) is 0 Å². The van der Waals surface area contributed by atoms with Gasteiger partial charge < -0.3 is 5.73 Å². The number of aromatic nitrogens is 1. The topological polar surface area (TPSA) is 38.9 Å². The van der Waals surface area contributed by atoms with Crippen molar-refractivity contribution in [3.05, 3.63) is 37.9 Å². The highest BCUT2D eigenvalue weighted by atomic mass is 35.5. The lowest BCUT2D eigenvalue weighted by atomic mass is 10.2. The van der Waals surface area contributed by atoms with Crippen molar-refractivity contribution in [3.63, 3.8) is 0 Å². The second-order valence-corrected chi connectivity index (χ2v) is 5.19. The first-order valence-corrected chi connectivity index (χ1v) is 5.74. The standard InChI is InChI=1S/C8H7ClN2S2/c9-7-2-1-5(13-7)8(10)6-3-11-4-12-6/h1-4,8H,10H2. The lowest BCUT2D eigenvalue weighted by molar-refractivity contribution is 0.913. The SMILES string of the molecule is NC(c1cncs1)c1ccc(Cl)s1. The molecule has 0 aliphatic rings. The first-order chi connectivity index (χ1) is 6.27. The zero-order valence-electron chi connectivity index (χ0n) is 6.61. The molecular formula is C8H7ClN2S2. The van der Waals surface area contributed by atoms with Crippen LogP contribution >= 0.6 is 34.3 Å². The van der Waals surface area contributed by atoms with Crippen LogP contribution in [-0.2, 0) is 0 Å². The van der Waals surface area contributed by atoms with E-state index < -0.39 is 0 Å². The van der Waals surface area contributed by atoms with Crippen molar-refractivity contribution in [1.82, 2.24) is 4.98 Å². The fraction of sp³-hybridized carbons (Fsp3) is 0.125. The molecule has 0 amide bonds. The monoisotopic (exact) mass is 230 g/mol. The summed E-state index contributed by atoms with van der Waals surface area (Å²) in [4.78, 5) is 6.13. The van der Waals surface area contributed by atoms with Crippen LogP contribution in [-0.4, -0.2) is 4.98 Å². The Labute approximate surface area is 89.0 Å². The van der Waals surface area contributed by atoms with Crippen LogP contribution in [0.25, 0.3) is 0 Å². The predicted molar refractivity (Wildman–Crippen MR) is 57.5 cm³/mol.